The first-order valence-corrected chi connectivity index (χ1v) is 8.67. The number of hydrogen-bond donors (Lipinski definition) is 2. The number of nitrogens with zero attached hydrogens (tertiary/aromatic N) is 1. The lowest BCUT2D eigenvalue weighted by Gasteiger charge is -2.24. The molecule has 130 valence electrons. The molecule has 1 saturated carbocycles. The van der Waals surface area contributed by atoms with Gasteiger partial charge in [-0.25, -0.2) is 4.79 Å². The summed E-state index contributed by atoms with van der Waals surface area (Å²) < 4.78 is 5.21. The van der Waals surface area contributed by atoms with Crippen molar-refractivity contribution < 1.29 is 14.3 Å². The van der Waals surface area contributed by atoms with Crippen molar-refractivity contribution >= 4 is 17.6 Å². The van der Waals surface area contributed by atoms with Crippen LogP contribution in [0.1, 0.15) is 38.5 Å². The molecule has 1 saturated heterocycles. The molecule has 1 atom stereocenters. The topological polar surface area (TPSA) is 70.7 Å². The van der Waals surface area contributed by atoms with Crippen molar-refractivity contribution in [3.63, 3.8) is 0 Å². The summed E-state index contributed by atoms with van der Waals surface area (Å²) >= 11 is 0. The van der Waals surface area contributed by atoms with Gasteiger partial charge in [0.25, 0.3) is 0 Å². The Balaban J connectivity index is 1.55. The van der Waals surface area contributed by atoms with Gasteiger partial charge in [-0.15, -0.1) is 0 Å². The van der Waals surface area contributed by atoms with Gasteiger partial charge in [0.15, 0.2) is 0 Å². The van der Waals surface area contributed by atoms with Gasteiger partial charge in [0, 0.05) is 30.8 Å². The van der Waals surface area contributed by atoms with E-state index >= 15 is 0 Å². The standard InChI is InChI=1S/C18H25N3O3/c1-24-16-9-5-8-15(11-16)21-12-14(10-17(21)22)20-18(23)19-13-6-3-2-4-7-13/h5,8-9,11,13-14H,2-4,6-7,10,12H2,1H3,(H2,19,20,23). The molecule has 2 fully saturated rings. The lowest BCUT2D eigenvalue weighted by Crippen LogP contribution is -2.47. The van der Waals surface area contributed by atoms with E-state index in [9.17, 15) is 9.59 Å². The van der Waals surface area contributed by atoms with Crippen LogP contribution in [-0.4, -0.2) is 37.7 Å². The van der Waals surface area contributed by atoms with Crippen LogP contribution < -0.4 is 20.3 Å². The fourth-order valence-corrected chi connectivity index (χ4v) is 3.49. The van der Waals surface area contributed by atoms with Gasteiger partial charge in [0.1, 0.15) is 5.75 Å². The lowest BCUT2D eigenvalue weighted by molar-refractivity contribution is -0.117. The quantitative estimate of drug-likeness (QED) is 0.890. The van der Waals surface area contributed by atoms with E-state index in [-0.39, 0.29) is 24.0 Å². The molecule has 0 radical (unpaired) electrons. The van der Waals surface area contributed by atoms with E-state index in [2.05, 4.69) is 10.6 Å². The van der Waals surface area contributed by atoms with Gasteiger partial charge in [-0.3, -0.25) is 4.79 Å². The van der Waals surface area contributed by atoms with Gasteiger partial charge < -0.3 is 20.3 Å². The smallest absolute Gasteiger partial charge is 0.315 e. The Morgan fingerprint density at radius 3 is 2.67 bits per heavy atom. The molecule has 1 aromatic carbocycles. The van der Waals surface area contributed by atoms with Gasteiger partial charge in [-0.1, -0.05) is 25.3 Å². The van der Waals surface area contributed by atoms with Crippen molar-refractivity contribution in [2.45, 2.75) is 50.6 Å². The van der Waals surface area contributed by atoms with Crippen molar-refractivity contribution in [3.8, 4) is 5.75 Å². The zero-order valence-electron chi connectivity index (χ0n) is 14.1. The van der Waals surface area contributed by atoms with Crippen LogP contribution in [0.15, 0.2) is 24.3 Å². The lowest BCUT2D eigenvalue weighted by atomic mass is 9.96. The van der Waals surface area contributed by atoms with Gasteiger partial charge >= 0.3 is 6.03 Å². The summed E-state index contributed by atoms with van der Waals surface area (Å²) in [6, 6.07) is 7.37. The third kappa shape index (κ3) is 3.99. The molecule has 6 heteroatoms. The highest BCUT2D eigenvalue weighted by Gasteiger charge is 2.32. The molecule has 1 aliphatic heterocycles. The van der Waals surface area contributed by atoms with E-state index in [0.29, 0.717) is 18.7 Å². The molecule has 6 nitrogen and oxygen atoms in total. The predicted octanol–water partition coefficient (Wildman–Crippen LogP) is 2.43. The Morgan fingerprint density at radius 1 is 1.17 bits per heavy atom. The highest BCUT2D eigenvalue weighted by molar-refractivity contribution is 5.97. The zero-order chi connectivity index (χ0) is 16.9. The molecule has 2 N–H and O–H groups in total. The van der Waals surface area contributed by atoms with E-state index < -0.39 is 0 Å². The number of hydrogen-bond acceptors (Lipinski definition) is 3. The Kier molecular flexibility index (Phi) is 5.23. The molecular formula is C18H25N3O3. The van der Waals surface area contributed by atoms with Crippen molar-refractivity contribution in [2.24, 2.45) is 0 Å². The molecular weight excluding hydrogens is 306 g/mol. The van der Waals surface area contributed by atoms with E-state index in [1.165, 1.54) is 19.3 Å². The average Bonchev–Trinajstić information content (AvgIpc) is 2.96. The molecule has 24 heavy (non-hydrogen) atoms. The summed E-state index contributed by atoms with van der Waals surface area (Å²) in [4.78, 5) is 26.1. The second-order valence-corrected chi connectivity index (χ2v) is 6.56. The van der Waals surface area contributed by atoms with Crippen LogP contribution in [0, 0.1) is 0 Å². The molecule has 2 aliphatic rings. The maximum absolute atomic E-state index is 12.3. The third-order valence-electron chi connectivity index (χ3n) is 4.77. The van der Waals surface area contributed by atoms with E-state index in [4.69, 9.17) is 4.74 Å². The molecule has 1 aromatic rings. The minimum Gasteiger partial charge on any atom is -0.497 e. The fraction of sp³-hybridized carbons (Fsp3) is 0.556. The monoisotopic (exact) mass is 331 g/mol. The molecule has 1 unspecified atom stereocenters. The number of anilines is 1. The fourth-order valence-electron chi connectivity index (χ4n) is 3.49. The van der Waals surface area contributed by atoms with Crippen molar-refractivity contribution in [2.75, 3.05) is 18.6 Å². The minimum atomic E-state index is -0.160. The number of benzene rings is 1. The number of rotatable bonds is 4. The Labute approximate surface area is 142 Å². The van der Waals surface area contributed by atoms with Crippen LogP contribution in [0.4, 0.5) is 10.5 Å². The Bertz CT molecular complexity index is 599. The summed E-state index contributed by atoms with van der Waals surface area (Å²) in [6.45, 7) is 0.490. The number of amides is 3. The summed E-state index contributed by atoms with van der Waals surface area (Å²) in [7, 11) is 1.60. The molecule has 1 aliphatic carbocycles. The number of methoxy groups -OCH3 is 1. The third-order valence-corrected chi connectivity index (χ3v) is 4.77. The molecule has 0 bridgehead atoms. The SMILES string of the molecule is COc1cccc(N2CC(NC(=O)NC3CCCCC3)CC2=O)c1. The van der Waals surface area contributed by atoms with E-state index in [1.54, 1.807) is 12.0 Å². The van der Waals surface area contributed by atoms with Crippen LogP contribution >= 0.6 is 0 Å². The number of ether oxygens (including phenoxy) is 1. The van der Waals surface area contributed by atoms with Crippen LogP contribution in [0.3, 0.4) is 0 Å². The van der Waals surface area contributed by atoms with Gasteiger partial charge in [0.05, 0.1) is 13.2 Å². The number of nitrogens with one attached hydrogen (secondary N) is 2. The second-order valence-electron chi connectivity index (χ2n) is 6.56. The summed E-state index contributed by atoms with van der Waals surface area (Å²) in [5, 5.41) is 5.97. The number of carbonyl (C=O) groups is 2. The first kappa shape index (κ1) is 16.6. The molecule has 3 rings (SSSR count). The van der Waals surface area contributed by atoms with E-state index in [1.807, 2.05) is 24.3 Å². The predicted molar refractivity (Wildman–Crippen MR) is 92.3 cm³/mol. The maximum Gasteiger partial charge on any atom is 0.315 e. The average molecular weight is 331 g/mol. The number of carbonyl (C=O) groups excluding carboxylic acids is 2. The van der Waals surface area contributed by atoms with Crippen LogP contribution in [0.2, 0.25) is 0 Å². The van der Waals surface area contributed by atoms with Crippen LogP contribution in [0.5, 0.6) is 5.75 Å². The minimum absolute atomic E-state index is 0.0196. The van der Waals surface area contributed by atoms with Gasteiger partial charge in [-0.2, -0.15) is 0 Å². The second kappa shape index (κ2) is 7.55. The highest BCUT2D eigenvalue weighted by Crippen LogP contribution is 2.25. The molecule has 3 amide bonds. The zero-order valence-corrected chi connectivity index (χ0v) is 14.1. The van der Waals surface area contributed by atoms with E-state index in [0.717, 1.165) is 18.5 Å². The Morgan fingerprint density at radius 2 is 1.92 bits per heavy atom. The Hall–Kier alpha value is -2.24. The summed E-state index contributed by atoms with van der Waals surface area (Å²) in [6.07, 6.45) is 6.04. The van der Waals surface area contributed by atoms with Crippen molar-refractivity contribution in [1.82, 2.24) is 10.6 Å². The van der Waals surface area contributed by atoms with Gasteiger partial charge in [-0.05, 0) is 25.0 Å². The maximum atomic E-state index is 12.3. The highest BCUT2D eigenvalue weighted by atomic mass is 16.5. The largest absolute Gasteiger partial charge is 0.497 e. The molecule has 0 aromatic heterocycles. The van der Waals surface area contributed by atoms with Crippen molar-refractivity contribution in [3.05, 3.63) is 24.3 Å². The summed E-state index contributed by atoms with van der Waals surface area (Å²) in [5.41, 5.74) is 0.802. The van der Waals surface area contributed by atoms with Crippen molar-refractivity contribution in [1.29, 1.82) is 0 Å². The first-order chi connectivity index (χ1) is 11.7. The first-order valence-electron chi connectivity index (χ1n) is 8.67. The molecule has 0 spiro atoms. The summed E-state index contributed by atoms with van der Waals surface area (Å²) in [5.74, 6) is 0.734. The van der Waals surface area contributed by atoms with Crippen LogP contribution in [-0.2, 0) is 4.79 Å². The van der Waals surface area contributed by atoms with Gasteiger partial charge in [0.2, 0.25) is 5.91 Å². The molecule has 1 heterocycles. The van der Waals surface area contributed by atoms with Crippen LogP contribution in [0.25, 0.3) is 0 Å². The normalized spacial score (nSPS) is 21.6. The number of urea groups is 1.